The van der Waals surface area contributed by atoms with E-state index in [9.17, 15) is 0 Å². The van der Waals surface area contributed by atoms with E-state index in [1.165, 1.54) is 0 Å². The molecule has 1 aromatic rings. The monoisotopic (exact) mass is 467 g/mol. The molecule has 0 saturated carbocycles. The van der Waals surface area contributed by atoms with Gasteiger partial charge in [-0.3, -0.25) is 0 Å². The molecule has 0 aliphatic heterocycles. The van der Waals surface area contributed by atoms with Crippen molar-refractivity contribution in [3.63, 3.8) is 0 Å². The molecule has 17 heavy (non-hydrogen) atoms. The number of benzene rings is 1. The standard InChI is InChI=1S/C6H6O.CNS.4CH3.O.2Sn/c7-6-4-2-1-3-5-6;2-1-3;;;;;;;/h1-5,7H;;4*1H3;;;/q;-1;;;;;;2*+1/p-1. The normalized spacial score (nSPS) is 11.8. The molecule has 6 heteroatoms. The summed E-state index contributed by atoms with van der Waals surface area (Å²) in [5, 5.41) is 2.45. The first kappa shape index (κ1) is 15.4. The van der Waals surface area contributed by atoms with Crippen LogP contribution in [0.25, 0.3) is 0 Å². The van der Waals surface area contributed by atoms with E-state index in [2.05, 4.69) is 40.4 Å². The molecule has 0 atom stereocenters. The average Bonchev–Trinajstić information content (AvgIpc) is 2.15. The predicted octanol–water partition coefficient (Wildman–Crippen LogP) is 3.59. The summed E-state index contributed by atoms with van der Waals surface area (Å²) in [5.74, 6) is 0.877. The predicted molar refractivity (Wildman–Crippen MR) is 78.1 cm³/mol. The summed E-state index contributed by atoms with van der Waals surface area (Å²) in [4.78, 5) is 8.33. The Labute approximate surface area is 118 Å². The van der Waals surface area contributed by atoms with Gasteiger partial charge in [-0.2, -0.15) is 0 Å². The fourth-order valence-corrected chi connectivity index (χ4v) is 34.0. The summed E-state index contributed by atoms with van der Waals surface area (Å²) in [6, 6.07) is 9.79. The number of para-hydroxylation sites is 1. The van der Waals surface area contributed by atoms with Crippen molar-refractivity contribution >= 4 is 55.6 Å². The fourth-order valence-electron chi connectivity index (χ4n) is 1.53. The van der Waals surface area contributed by atoms with Crippen molar-refractivity contribution in [1.29, 1.82) is 0 Å². The van der Waals surface area contributed by atoms with Gasteiger partial charge < -0.3 is 0 Å². The van der Waals surface area contributed by atoms with Gasteiger partial charge in [-0.05, 0) is 0 Å². The van der Waals surface area contributed by atoms with E-state index in [1.54, 1.807) is 0 Å². The molecule has 0 saturated heterocycles. The number of thiocarbonyl (C=S) groups is 1. The third-order valence-corrected chi connectivity index (χ3v) is 28.2. The zero-order chi connectivity index (χ0) is 12.9. The van der Waals surface area contributed by atoms with Crippen molar-refractivity contribution in [2.75, 3.05) is 0 Å². The molecule has 0 spiro atoms. The van der Waals surface area contributed by atoms with E-state index >= 15 is 0 Å². The van der Waals surface area contributed by atoms with Crippen LogP contribution >= 0.6 is 12.2 Å². The number of hydrogen-bond donors (Lipinski definition) is 0. The van der Waals surface area contributed by atoms with Crippen LogP contribution in [0.1, 0.15) is 0 Å². The van der Waals surface area contributed by atoms with Crippen LogP contribution in [0.5, 0.6) is 5.75 Å². The summed E-state index contributed by atoms with van der Waals surface area (Å²) < 4.78 is 16.4. The molecule has 0 bridgehead atoms. The van der Waals surface area contributed by atoms with E-state index in [-0.39, 0.29) is 0 Å². The second-order valence-electron chi connectivity index (χ2n) is 4.57. The Bertz CT molecular complexity index is 417. The van der Waals surface area contributed by atoms with Crippen molar-refractivity contribution < 1.29 is 4.49 Å². The molecule has 0 aromatic heterocycles. The van der Waals surface area contributed by atoms with Crippen LogP contribution in [-0.4, -0.2) is 43.4 Å². The van der Waals surface area contributed by atoms with Crippen LogP contribution < -0.4 is 3.07 Å². The van der Waals surface area contributed by atoms with Gasteiger partial charge in [0.25, 0.3) is 0 Å². The van der Waals surface area contributed by atoms with Crippen molar-refractivity contribution in [2.45, 2.75) is 19.8 Å². The van der Waals surface area contributed by atoms with E-state index < -0.39 is 38.3 Å². The van der Waals surface area contributed by atoms with Crippen molar-refractivity contribution in [1.82, 2.24) is 0 Å². The zero-order valence-corrected chi connectivity index (χ0v) is 17.1. The Morgan fingerprint density at radius 3 is 2.24 bits per heavy atom. The van der Waals surface area contributed by atoms with Crippen molar-refractivity contribution in [3.8, 4) is 5.75 Å². The number of isothiocyanates is 1. The fraction of sp³-hybridized carbons (Fsp3) is 0.364. The average molecular weight is 465 g/mol. The van der Waals surface area contributed by atoms with Gasteiger partial charge >= 0.3 is 119 Å². The molecule has 0 aliphatic carbocycles. The molecule has 1 rings (SSSR count). The molecular formula is C11H17NO2SSn2. The van der Waals surface area contributed by atoms with Crippen LogP contribution in [0.3, 0.4) is 0 Å². The first-order valence-electron chi connectivity index (χ1n) is 5.38. The minimum atomic E-state index is -2.97. The van der Waals surface area contributed by atoms with Crippen molar-refractivity contribution in [3.05, 3.63) is 30.3 Å². The van der Waals surface area contributed by atoms with Gasteiger partial charge in [0, 0.05) is 0 Å². The third kappa shape index (κ3) is 6.19. The second-order valence-corrected chi connectivity index (χ2v) is 26.7. The van der Waals surface area contributed by atoms with E-state index in [0.29, 0.717) is 0 Å². The maximum absolute atomic E-state index is 6.17. The molecule has 1 aromatic carbocycles. The van der Waals surface area contributed by atoms with Gasteiger partial charge in [0.2, 0.25) is 0 Å². The Balaban J connectivity index is 2.72. The quantitative estimate of drug-likeness (QED) is 0.379. The Hall–Kier alpha value is 0.377. The van der Waals surface area contributed by atoms with Gasteiger partial charge in [0.05, 0.1) is 0 Å². The molecule has 92 valence electrons. The molecule has 0 radical (unpaired) electrons. The molecule has 0 unspecified atom stereocenters. The Morgan fingerprint density at radius 1 is 1.12 bits per heavy atom. The molecular weight excluding hydrogens is 448 g/mol. The van der Waals surface area contributed by atoms with Gasteiger partial charge in [-0.1, -0.05) is 0 Å². The van der Waals surface area contributed by atoms with Crippen LogP contribution in [0.2, 0.25) is 19.8 Å². The summed E-state index contributed by atoms with van der Waals surface area (Å²) in [6.07, 6.45) is 0. The molecule has 0 amide bonds. The minimum absolute atomic E-state index is 0.877. The number of rotatable bonds is 5. The van der Waals surface area contributed by atoms with Gasteiger partial charge in [-0.15, -0.1) is 0 Å². The van der Waals surface area contributed by atoms with E-state index in [4.69, 9.17) is 4.49 Å². The third-order valence-electron chi connectivity index (χ3n) is 1.92. The van der Waals surface area contributed by atoms with Gasteiger partial charge in [0.15, 0.2) is 0 Å². The van der Waals surface area contributed by atoms with E-state index in [0.717, 1.165) is 5.75 Å². The van der Waals surface area contributed by atoms with Crippen LogP contribution in [0.15, 0.2) is 33.5 Å². The Morgan fingerprint density at radius 2 is 1.71 bits per heavy atom. The van der Waals surface area contributed by atoms with Gasteiger partial charge in [0.1, 0.15) is 0 Å². The van der Waals surface area contributed by atoms with Crippen molar-refractivity contribution in [2.24, 2.45) is 3.21 Å². The molecule has 0 N–H and O–H groups in total. The topological polar surface area (TPSA) is 30.8 Å². The SMILES string of the molecule is [CH3][Sn]([CH3])([N]=C=S)[O][Sn]([CH3])([CH3])[O]c1ccccc1. The first-order valence-corrected chi connectivity index (χ1v) is 22.0. The molecule has 0 aliphatic rings. The van der Waals surface area contributed by atoms with Gasteiger partial charge in [-0.25, -0.2) is 0 Å². The second kappa shape index (κ2) is 6.52. The van der Waals surface area contributed by atoms with Crippen LogP contribution in [0, 0.1) is 0 Å². The molecule has 0 fully saturated rings. The number of hydrogen-bond acceptors (Lipinski definition) is 4. The summed E-state index contributed by atoms with van der Waals surface area (Å²) in [6.45, 7) is 0. The summed E-state index contributed by atoms with van der Waals surface area (Å²) in [7, 11) is 0. The summed E-state index contributed by atoms with van der Waals surface area (Å²) in [5.41, 5.74) is 0. The molecule has 3 nitrogen and oxygen atoms in total. The summed E-state index contributed by atoms with van der Waals surface area (Å²) >= 11 is -1.18. The van der Waals surface area contributed by atoms with E-state index in [1.807, 2.05) is 30.3 Å². The zero-order valence-electron chi connectivity index (χ0n) is 10.6. The van der Waals surface area contributed by atoms with Crippen LogP contribution in [-0.2, 0) is 1.41 Å². The number of nitrogens with zero attached hydrogens (tertiary/aromatic N) is 1. The van der Waals surface area contributed by atoms with Crippen LogP contribution in [0.4, 0.5) is 0 Å². The Kier molecular flexibility index (Phi) is 5.92. The molecule has 0 heterocycles. The first-order chi connectivity index (χ1) is 7.85. The maximum atomic E-state index is 6.17.